The Morgan fingerprint density at radius 1 is 1.24 bits per heavy atom. The molecule has 0 aromatic rings. The van der Waals surface area contributed by atoms with E-state index in [-0.39, 0.29) is 19.0 Å². The van der Waals surface area contributed by atoms with Crippen molar-refractivity contribution in [2.45, 2.75) is 51.0 Å². The van der Waals surface area contributed by atoms with Crippen LogP contribution in [0.4, 0.5) is 0 Å². The number of allylic oxidation sites excluding steroid dienone is 1. The van der Waals surface area contributed by atoms with Crippen molar-refractivity contribution in [1.29, 1.82) is 0 Å². The van der Waals surface area contributed by atoms with Gasteiger partial charge in [0.1, 0.15) is 0 Å². The Bertz CT molecular complexity index is 213. The molecule has 0 spiro atoms. The van der Waals surface area contributed by atoms with E-state index in [0.717, 1.165) is 32.1 Å². The Balaban J connectivity index is 3.37. The number of rotatable bonds is 10. The molecule has 0 fully saturated rings. The number of carbonyl (C=O) groups excluding carboxylic acids is 1. The van der Waals surface area contributed by atoms with E-state index < -0.39 is 6.10 Å². The number of unbranched alkanes of at least 4 members (excludes halogenated alkanes) is 4. The van der Waals surface area contributed by atoms with Crippen LogP contribution < -0.4 is 0 Å². The van der Waals surface area contributed by atoms with E-state index in [4.69, 9.17) is 5.11 Å². The van der Waals surface area contributed by atoms with Crippen molar-refractivity contribution in [3.63, 3.8) is 0 Å². The minimum absolute atomic E-state index is 0.0529. The van der Waals surface area contributed by atoms with Gasteiger partial charge in [0.05, 0.1) is 19.6 Å². The molecule has 0 heterocycles. The van der Waals surface area contributed by atoms with Gasteiger partial charge >= 0.3 is 5.97 Å². The second kappa shape index (κ2) is 11.6. The molecule has 0 bridgehead atoms. The molecule has 100 valence electrons. The van der Waals surface area contributed by atoms with Gasteiger partial charge in [-0.15, -0.1) is 0 Å². The highest BCUT2D eigenvalue weighted by atomic mass is 16.5. The molecule has 0 saturated heterocycles. The topological polar surface area (TPSA) is 66.8 Å². The lowest BCUT2D eigenvalue weighted by Crippen LogP contribution is -2.13. The van der Waals surface area contributed by atoms with Gasteiger partial charge in [-0.3, -0.25) is 4.79 Å². The van der Waals surface area contributed by atoms with Crippen LogP contribution in [0.15, 0.2) is 12.2 Å². The van der Waals surface area contributed by atoms with Crippen molar-refractivity contribution in [1.82, 2.24) is 0 Å². The first-order valence-corrected chi connectivity index (χ1v) is 6.21. The van der Waals surface area contributed by atoms with E-state index in [1.807, 2.05) is 12.2 Å². The summed E-state index contributed by atoms with van der Waals surface area (Å²) in [6.45, 7) is 0.273. The first-order chi connectivity index (χ1) is 8.20. The lowest BCUT2D eigenvalue weighted by atomic mass is 10.1. The zero-order valence-electron chi connectivity index (χ0n) is 10.6. The molecule has 0 rings (SSSR count). The van der Waals surface area contributed by atoms with Crippen molar-refractivity contribution < 1.29 is 19.7 Å². The normalized spacial score (nSPS) is 12.9. The van der Waals surface area contributed by atoms with Gasteiger partial charge in [0.2, 0.25) is 0 Å². The van der Waals surface area contributed by atoms with E-state index in [0.29, 0.717) is 6.42 Å². The van der Waals surface area contributed by atoms with Crippen LogP contribution in [0.25, 0.3) is 0 Å². The van der Waals surface area contributed by atoms with Crippen LogP contribution in [0, 0.1) is 0 Å². The third-order valence-corrected chi connectivity index (χ3v) is 2.48. The number of methoxy groups -OCH3 is 1. The Morgan fingerprint density at radius 3 is 2.59 bits per heavy atom. The molecule has 0 amide bonds. The molecule has 17 heavy (non-hydrogen) atoms. The first-order valence-electron chi connectivity index (χ1n) is 6.21. The monoisotopic (exact) mass is 244 g/mol. The van der Waals surface area contributed by atoms with Crippen LogP contribution in [0.3, 0.4) is 0 Å². The molecule has 0 aliphatic carbocycles. The number of hydrogen-bond donors (Lipinski definition) is 2. The standard InChI is InChI=1S/C13H24O4/c1-17-13(16)11-12(15)9-7-5-3-2-4-6-8-10-14/h5,7,12,14-15H,2-4,6,8-11H2,1H3/b7-5-. The molecule has 0 radical (unpaired) electrons. The van der Waals surface area contributed by atoms with E-state index in [9.17, 15) is 9.90 Å². The Morgan fingerprint density at radius 2 is 1.94 bits per heavy atom. The molecule has 2 N–H and O–H groups in total. The fourth-order valence-electron chi connectivity index (χ4n) is 1.46. The van der Waals surface area contributed by atoms with Crippen LogP contribution in [0.1, 0.15) is 44.9 Å². The SMILES string of the molecule is COC(=O)CC(O)C/C=C\CCCCCCO. The minimum atomic E-state index is -0.645. The van der Waals surface area contributed by atoms with Gasteiger partial charge in [-0.25, -0.2) is 0 Å². The van der Waals surface area contributed by atoms with Gasteiger partial charge in [-0.05, 0) is 25.7 Å². The maximum absolute atomic E-state index is 10.8. The van der Waals surface area contributed by atoms with Crippen molar-refractivity contribution in [2.75, 3.05) is 13.7 Å². The Kier molecular flexibility index (Phi) is 11.0. The predicted octanol–water partition coefficient (Wildman–Crippen LogP) is 1.80. The van der Waals surface area contributed by atoms with Crippen molar-refractivity contribution in [3.05, 3.63) is 12.2 Å². The summed E-state index contributed by atoms with van der Waals surface area (Å²) in [5.41, 5.74) is 0. The van der Waals surface area contributed by atoms with Crippen molar-refractivity contribution in [3.8, 4) is 0 Å². The lowest BCUT2D eigenvalue weighted by Gasteiger charge is -2.05. The van der Waals surface area contributed by atoms with Crippen LogP contribution in [-0.2, 0) is 9.53 Å². The van der Waals surface area contributed by atoms with Gasteiger partial charge in [0.25, 0.3) is 0 Å². The molecule has 4 heteroatoms. The Hall–Kier alpha value is -0.870. The molecular weight excluding hydrogens is 220 g/mol. The van der Waals surface area contributed by atoms with Crippen LogP contribution in [0.2, 0.25) is 0 Å². The minimum Gasteiger partial charge on any atom is -0.469 e. The highest BCUT2D eigenvalue weighted by Crippen LogP contribution is 2.05. The van der Waals surface area contributed by atoms with E-state index in [1.165, 1.54) is 7.11 Å². The summed E-state index contributed by atoms with van der Waals surface area (Å²) < 4.78 is 4.46. The summed E-state index contributed by atoms with van der Waals surface area (Å²) in [6, 6.07) is 0. The second-order valence-electron chi connectivity index (χ2n) is 4.07. The van der Waals surface area contributed by atoms with Gasteiger partial charge in [-0.1, -0.05) is 25.0 Å². The zero-order chi connectivity index (χ0) is 12.9. The molecule has 0 aromatic heterocycles. The van der Waals surface area contributed by atoms with Gasteiger partial charge in [0.15, 0.2) is 0 Å². The molecule has 0 aliphatic heterocycles. The van der Waals surface area contributed by atoms with Gasteiger partial charge < -0.3 is 14.9 Å². The molecule has 0 aromatic carbocycles. The second-order valence-corrected chi connectivity index (χ2v) is 4.07. The van der Waals surface area contributed by atoms with Crippen molar-refractivity contribution >= 4 is 5.97 Å². The average Bonchev–Trinajstić information content (AvgIpc) is 2.32. The molecule has 1 unspecified atom stereocenters. The van der Waals surface area contributed by atoms with E-state index in [1.54, 1.807) is 0 Å². The maximum atomic E-state index is 10.8. The fourth-order valence-corrected chi connectivity index (χ4v) is 1.46. The zero-order valence-corrected chi connectivity index (χ0v) is 10.6. The highest BCUT2D eigenvalue weighted by molar-refractivity contribution is 5.69. The first kappa shape index (κ1) is 16.1. The quantitative estimate of drug-likeness (QED) is 0.349. The summed E-state index contributed by atoms with van der Waals surface area (Å²) in [5, 5.41) is 18.0. The largest absolute Gasteiger partial charge is 0.469 e. The smallest absolute Gasteiger partial charge is 0.308 e. The number of aliphatic hydroxyl groups is 2. The Labute approximate surface area is 103 Å². The molecule has 0 saturated carbocycles. The van der Waals surface area contributed by atoms with Crippen LogP contribution >= 0.6 is 0 Å². The van der Waals surface area contributed by atoms with E-state index >= 15 is 0 Å². The summed E-state index contributed by atoms with van der Waals surface area (Å²) in [4.78, 5) is 10.8. The van der Waals surface area contributed by atoms with Crippen LogP contribution in [0.5, 0.6) is 0 Å². The van der Waals surface area contributed by atoms with Gasteiger partial charge in [-0.2, -0.15) is 0 Å². The van der Waals surface area contributed by atoms with Gasteiger partial charge in [0, 0.05) is 6.61 Å². The fraction of sp³-hybridized carbons (Fsp3) is 0.769. The summed E-state index contributed by atoms with van der Waals surface area (Å²) in [7, 11) is 1.32. The number of esters is 1. The third kappa shape index (κ3) is 11.4. The molecule has 0 aliphatic rings. The lowest BCUT2D eigenvalue weighted by molar-refractivity contribution is -0.142. The molecule has 4 nitrogen and oxygen atoms in total. The average molecular weight is 244 g/mol. The van der Waals surface area contributed by atoms with Crippen molar-refractivity contribution in [2.24, 2.45) is 0 Å². The maximum Gasteiger partial charge on any atom is 0.308 e. The number of aliphatic hydroxyl groups excluding tert-OH is 2. The molecular formula is C13H24O4. The summed E-state index contributed by atoms with van der Waals surface area (Å²) in [6.07, 6.45) is 8.97. The van der Waals surface area contributed by atoms with Crippen LogP contribution in [-0.4, -0.2) is 36.0 Å². The van der Waals surface area contributed by atoms with E-state index in [2.05, 4.69) is 4.74 Å². The third-order valence-electron chi connectivity index (χ3n) is 2.48. The molecule has 1 atom stereocenters. The highest BCUT2D eigenvalue weighted by Gasteiger charge is 2.08. The predicted molar refractivity (Wildman–Crippen MR) is 66.6 cm³/mol. The number of carbonyl (C=O) groups is 1. The number of ether oxygens (including phenoxy) is 1. The summed E-state index contributed by atoms with van der Waals surface area (Å²) >= 11 is 0. The number of hydrogen-bond acceptors (Lipinski definition) is 4. The summed E-state index contributed by atoms with van der Waals surface area (Å²) in [5.74, 6) is -0.380.